The predicted octanol–water partition coefficient (Wildman–Crippen LogP) is 4.68. The molecule has 0 aliphatic rings. The van der Waals surface area contributed by atoms with Crippen LogP contribution in [-0.4, -0.2) is 25.5 Å². The lowest BCUT2D eigenvalue weighted by Gasteiger charge is -2.15. The van der Waals surface area contributed by atoms with Crippen LogP contribution < -0.4 is 16.0 Å². The van der Waals surface area contributed by atoms with Gasteiger partial charge in [-0.25, -0.2) is 0 Å². The lowest BCUT2D eigenvalue weighted by atomic mass is 10.1. The number of nitrogens with one attached hydrogen (secondary N) is 3. The Morgan fingerprint density at radius 1 is 1.17 bits per heavy atom. The first-order valence-electron chi connectivity index (χ1n) is 9.07. The molecule has 8 heteroatoms. The van der Waals surface area contributed by atoms with Crippen LogP contribution in [0.15, 0.2) is 69.6 Å². The topological polar surface area (TPSA) is 78.7 Å². The Kier molecular flexibility index (Phi) is 9.20. The molecule has 0 bridgehead atoms. The number of halogens is 1. The maximum atomic E-state index is 12.1. The van der Waals surface area contributed by atoms with E-state index < -0.39 is 0 Å². The minimum Gasteiger partial charge on any atom is -0.459 e. The van der Waals surface area contributed by atoms with Crippen LogP contribution in [0.2, 0.25) is 0 Å². The molecule has 0 saturated heterocycles. The van der Waals surface area contributed by atoms with Crippen LogP contribution >= 0.6 is 35.3 Å². The molecular formula is C21H25IN4O2S. The number of aliphatic imine (C=N–C) groups is 1. The number of nitrogens with zero attached hydrogens (tertiary/aromatic N) is 1. The second kappa shape index (κ2) is 11.6. The highest BCUT2D eigenvalue weighted by atomic mass is 127. The normalized spacial score (nSPS) is 12.0. The lowest BCUT2D eigenvalue weighted by molar-refractivity contribution is 0.0996. The van der Waals surface area contributed by atoms with Crippen molar-refractivity contribution in [1.82, 2.24) is 10.6 Å². The van der Waals surface area contributed by atoms with Crippen molar-refractivity contribution in [3.63, 3.8) is 0 Å². The Balaban J connectivity index is 0.00000300. The van der Waals surface area contributed by atoms with Crippen molar-refractivity contribution in [2.75, 3.05) is 18.9 Å². The molecule has 0 spiro atoms. The molecular weight excluding hydrogens is 499 g/mol. The van der Waals surface area contributed by atoms with E-state index in [-0.39, 0.29) is 35.6 Å². The second-order valence-corrected chi connectivity index (χ2v) is 7.33. The first-order chi connectivity index (χ1) is 13.7. The van der Waals surface area contributed by atoms with Crippen LogP contribution in [-0.2, 0) is 6.54 Å². The Morgan fingerprint density at radius 3 is 2.72 bits per heavy atom. The Hall–Kier alpha value is -2.33. The molecule has 3 aromatic rings. The molecule has 0 aliphatic heterocycles. The van der Waals surface area contributed by atoms with Gasteiger partial charge in [0.2, 0.25) is 0 Å². The summed E-state index contributed by atoms with van der Waals surface area (Å²) in [6.45, 7) is 3.59. The third-order valence-corrected chi connectivity index (χ3v) is 5.32. The number of hydrogen-bond donors (Lipinski definition) is 3. The minimum atomic E-state index is -0.268. The number of furan rings is 1. The van der Waals surface area contributed by atoms with Crippen LogP contribution in [0, 0.1) is 0 Å². The van der Waals surface area contributed by atoms with E-state index in [2.05, 4.69) is 45.4 Å². The highest BCUT2D eigenvalue weighted by Gasteiger charge is 2.10. The fraction of sp³-hybridized carbons (Fsp3) is 0.238. The number of guanidine groups is 1. The molecule has 0 saturated carbocycles. The Morgan fingerprint density at radius 2 is 2.03 bits per heavy atom. The van der Waals surface area contributed by atoms with E-state index >= 15 is 0 Å². The first kappa shape index (κ1) is 23.0. The number of thiophene rings is 1. The van der Waals surface area contributed by atoms with E-state index in [0.717, 1.165) is 23.8 Å². The molecule has 3 N–H and O–H groups in total. The summed E-state index contributed by atoms with van der Waals surface area (Å²) in [5.41, 5.74) is 1.75. The third kappa shape index (κ3) is 6.90. The zero-order valence-corrected chi connectivity index (χ0v) is 19.5. The van der Waals surface area contributed by atoms with Gasteiger partial charge in [-0.2, -0.15) is 0 Å². The summed E-state index contributed by atoms with van der Waals surface area (Å²) >= 11 is 1.76. The molecule has 1 amide bonds. The largest absolute Gasteiger partial charge is 0.459 e. The molecule has 154 valence electrons. The summed E-state index contributed by atoms with van der Waals surface area (Å²) in [7, 11) is 1.76. The lowest BCUT2D eigenvalue weighted by Crippen LogP contribution is -2.38. The number of benzene rings is 1. The molecule has 0 radical (unpaired) electrons. The maximum absolute atomic E-state index is 12.1. The van der Waals surface area contributed by atoms with Gasteiger partial charge in [0.15, 0.2) is 11.7 Å². The van der Waals surface area contributed by atoms with Crippen LogP contribution in [0.5, 0.6) is 0 Å². The number of rotatable bonds is 7. The van der Waals surface area contributed by atoms with Crippen molar-refractivity contribution in [3.8, 4) is 0 Å². The molecule has 2 heterocycles. The average Bonchev–Trinajstić information content (AvgIpc) is 3.42. The first-order valence-corrected chi connectivity index (χ1v) is 9.95. The van der Waals surface area contributed by atoms with E-state index in [9.17, 15) is 4.79 Å². The number of carbonyl (C=O) groups excluding carboxylic acids is 1. The summed E-state index contributed by atoms with van der Waals surface area (Å²) in [6.07, 6.45) is 1.48. The molecule has 3 rings (SSSR count). The van der Waals surface area contributed by atoms with Gasteiger partial charge < -0.3 is 20.4 Å². The standard InChI is InChI=1S/C21H24N4O2S.HI/c1-15(19-9-5-11-28-19)13-23-21(22-2)24-14-16-6-3-7-17(12-16)25-20(26)18-8-4-10-27-18;/h3-12,15H,13-14H2,1-2H3,(H,25,26)(H2,22,23,24);1H. The SMILES string of the molecule is CN=C(NCc1cccc(NC(=O)c2ccco2)c1)NCC(C)c1cccs1.I. The van der Waals surface area contributed by atoms with Gasteiger partial charge in [-0.15, -0.1) is 35.3 Å². The van der Waals surface area contributed by atoms with Gasteiger partial charge in [-0.3, -0.25) is 9.79 Å². The van der Waals surface area contributed by atoms with E-state index in [1.54, 1.807) is 30.5 Å². The fourth-order valence-electron chi connectivity index (χ4n) is 2.69. The summed E-state index contributed by atoms with van der Waals surface area (Å²) in [6, 6.07) is 15.2. The van der Waals surface area contributed by atoms with E-state index in [4.69, 9.17) is 4.42 Å². The zero-order chi connectivity index (χ0) is 19.8. The molecule has 29 heavy (non-hydrogen) atoms. The van der Waals surface area contributed by atoms with E-state index in [0.29, 0.717) is 12.5 Å². The van der Waals surface area contributed by atoms with Gasteiger partial charge in [0, 0.05) is 36.6 Å². The molecule has 0 aliphatic carbocycles. The molecule has 0 fully saturated rings. The van der Waals surface area contributed by atoms with Crippen molar-refractivity contribution in [2.45, 2.75) is 19.4 Å². The van der Waals surface area contributed by atoms with Crippen LogP contribution in [0.1, 0.15) is 33.8 Å². The molecule has 6 nitrogen and oxygen atoms in total. The number of hydrogen-bond acceptors (Lipinski definition) is 4. The molecule has 2 aromatic heterocycles. The van der Waals surface area contributed by atoms with Crippen molar-refractivity contribution in [2.24, 2.45) is 4.99 Å². The predicted molar refractivity (Wildman–Crippen MR) is 129 cm³/mol. The van der Waals surface area contributed by atoms with Crippen molar-refractivity contribution in [1.29, 1.82) is 0 Å². The molecule has 1 unspecified atom stereocenters. The monoisotopic (exact) mass is 524 g/mol. The van der Waals surface area contributed by atoms with Gasteiger partial charge in [0.25, 0.3) is 5.91 Å². The number of anilines is 1. The minimum absolute atomic E-state index is 0. The van der Waals surface area contributed by atoms with E-state index in [1.165, 1.54) is 11.1 Å². The summed E-state index contributed by atoms with van der Waals surface area (Å²) < 4.78 is 5.12. The van der Waals surface area contributed by atoms with E-state index in [1.807, 2.05) is 24.3 Å². The van der Waals surface area contributed by atoms with Crippen LogP contribution in [0.25, 0.3) is 0 Å². The molecule has 1 aromatic carbocycles. The Bertz CT molecular complexity index is 911. The van der Waals surface area contributed by atoms with Crippen molar-refractivity contribution < 1.29 is 9.21 Å². The highest BCUT2D eigenvalue weighted by molar-refractivity contribution is 14.0. The third-order valence-electron chi connectivity index (χ3n) is 4.22. The van der Waals surface area contributed by atoms with Gasteiger partial charge >= 0.3 is 0 Å². The maximum Gasteiger partial charge on any atom is 0.291 e. The molecule has 1 atom stereocenters. The van der Waals surface area contributed by atoms with Crippen molar-refractivity contribution in [3.05, 3.63) is 76.4 Å². The van der Waals surface area contributed by atoms with Crippen LogP contribution in [0.4, 0.5) is 5.69 Å². The number of carbonyl (C=O) groups is 1. The summed E-state index contributed by atoms with van der Waals surface area (Å²) in [4.78, 5) is 17.7. The van der Waals surface area contributed by atoms with Gasteiger partial charge in [-0.05, 0) is 41.3 Å². The second-order valence-electron chi connectivity index (χ2n) is 6.35. The van der Waals surface area contributed by atoms with Gasteiger partial charge in [-0.1, -0.05) is 25.1 Å². The quantitative estimate of drug-likeness (QED) is 0.238. The fourth-order valence-corrected chi connectivity index (χ4v) is 3.47. The van der Waals surface area contributed by atoms with Crippen LogP contribution in [0.3, 0.4) is 0 Å². The highest BCUT2D eigenvalue weighted by Crippen LogP contribution is 2.19. The summed E-state index contributed by atoms with van der Waals surface area (Å²) in [5, 5.41) is 11.6. The van der Waals surface area contributed by atoms with Gasteiger partial charge in [0.1, 0.15) is 0 Å². The Labute approximate surface area is 191 Å². The summed E-state index contributed by atoms with van der Waals surface area (Å²) in [5.74, 6) is 1.18. The smallest absolute Gasteiger partial charge is 0.291 e. The van der Waals surface area contributed by atoms with Crippen molar-refractivity contribution >= 4 is 52.9 Å². The average molecular weight is 524 g/mol. The number of amides is 1. The zero-order valence-electron chi connectivity index (χ0n) is 16.3. The van der Waals surface area contributed by atoms with Gasteiger partial charge in [0.05, 0.1) is 6.26 Å².